The van der Waals surface area contributed by atoms with Crippen LogP contribution >= 0.6 is 0 Å². The van der Waals surface area contributed by atoms with Crippen LogP contribution in [-0.4, -0.2) is 43.0 Å². The number of amides is 1. The van der Waals surface area contributed by atoms with Gasteiger partial charge in [-0.3, -0.25) is 9.59 Å². The Morgan fingerprint density at radius 2 is 1.76 bits per heavy atom. The summed E-state index contributed by atoms with van der Waals surface area (Å²) in [5.74, 6) is -0.366. The van der Waals surface area contributed by atoms with Gasteiger partial charge in [-0.05, 0) is 43.0 Å². The molecular weight excluding hydrogens is 492 g/mol. The molecule has 1 fully saturated rings. The number of oxazole rings is 1. The van der Waals surface area contributed by atoms with Crippen LogP contribution in [0.3, 0.4) is 0 Å². The maximum Gasteiger partial charge on any atom is 0.285 e. The van der Waals surface area contributed by atoms with Gasteiger partial charge in [0.25, 0.3) is 15.9 Å². The number of nitrogens with zero attached hydrogens (tertiary/aromatic N) is 2. The smallest absolute Gasteiger partial charge is 0.285 e. The van der Waals surface area contributed by atoms with E-state index in [4.69, 9.17) is 4.42 Å². The standard InChI is InChI=1S/C27H30N4O5S/c1-2-19(24(32)27-30-20-13-7-8-14-22(20)36-27)29-26(33)21(16-17-10-4-3-5-11-17)28-25-18-12-6-9-15-23(18)37(34,35)31-25/h6-9,12-15,17,19,21H,2-5,10-11,16H2,1H3,(H,28,31)(H,29,33)/t19-,21-/m0/s1. The van der Waals surface area contributed by atoms with Crippen LogP contribution < -0.4 is 10.6 Å². The zero-order valence-electron chi connectivity index (χ0n) is 20.6. The van der Waals surface area contributed by atoms with Crippen molar-refractivity contribution in [3.63, 3.8) is 0 Å². The number of aromatic nitrogens is 1. The fraction of sp³-hybridized carbons (Fsp3) is 0.407. The average Bonchev–Trinajstić information content (AvgIpc) is 3.45. The van der Waals surface area contributed by atoms with Gasteiger partial charge in [-0.2, -0.15) is 8.42 Å². The van der Waals surface area contributed by atoms with Gasteiger partial charge in [-0.25, -0.2) is 4.98 Å². The number of rotatable bonds is 8. The van der Waals surface area contributed by atoms with Gasteiger partial charge in [0.15, 0.2) is 5.58 Å². The van der Waals surface area contributed by atoms with E-state index in [-0.39, 0.29) is 22.5 Å². The highest BCUT2D eigenvalue weighted by Crippen LogP contribution is 2.29. The number of Topliss-reactive ketones (excluding diaryl/α,β-unsaturated/α-hetero) is 1. The zero-order chi connectivity index (χ0) is 26.0. The van der Waals surface area contributed by atoms with Gasteiger partial charge in [-0.1, -0.05) is 63.3 Å². The van der Waals surface area contributed by atoms with Crippen LogP contribution in [0.4, 0.5) is 0 Å². The number of nitrogens with one attached hydrogen (secondary N) is 2. The highest BCUT2D eigenvalue weighted by molar-refractivity contribution is 7.90. The van der Waals surface area contributed by atoms with Crippen molar-refractivity contribution < 1.29 is 22.4 Å². The third kappa shape index (κ3) is 5.29. The molecule has 1 saturated carbocycles. The van der Waals surface area contributed by atoms with Gasteiger partial charge in [0.1, 0.15) is 22.3 Å². The van der Waals surface area contributed by atoms with Gasteiger partial charge in [0, 0.05) is 5.56 Å². The van der Waals surface area contributed by atoms with Gasteiger partial charge < -0.3 is 15.1 Å². The molecule has 2 aromatic carbocycles. The molecule has 2 aliphatic rings. The maximum atomic E-state index is 13.6. The minimum Gasteiger partial charge on any atom is -0.434 e. The predicted molar refractivity (Wildman–Crippen MR) is 139 cm³/mol. The summed E-state index contributed by atoms with van der Waals surface area (Å²) in [5.41, 5.74) is 1.52. The van der Waals surface area contributed by atoms with Gasteiger partial charge in [0.05, 0.1) is 6.04 Å². The molecule has 1 aliphatic carbocycles. The molecular formula is C27H30N4O5S. The molecule has 2 heterocycles. The lowest BCUT2D eigenvalue weighted by Crippen LogP contribution is -2.52. The number of sulfonamides is 1. The second kappa shape index (κ2) is 10.5. The molecule has 9 nitrogen and oxygen atoms in total. The summed E-state index contributed by atoms with van der Waals surface area (Å²) in [7, 11) is -3.83. The second-order valence-electron chi connectivity index (χ2n) is 9.67. The first-order valence-corrected chi connectivity index (χ1v) is 14.2. The molecule has 1 aliphatic heterocycles. The molecule has 0 unspecified atom stereocenters. The summed E-state index contributed by atoms with van der Waals surface area (Å²) >= 11 is 0. The van der Waals surface area contributed by atoms with Crippen molar-refractivity contribution >= 4 is 38.6 Å². The van der Waals surface area contributed by atoms with Crippen molar-refractivity contribution in [2.75, 3.05) is 0 Å². The molecule has 1 aromatic heterocycles. The monoisotopic (exact) mass is 522 g/mol. The number of hydrogen-bond acceptors (Lipinski definition) is 7. The van der Waals surface area contributed by atoms with Crippen molar-refractivity contribution in [2.45, 2.75) is 68.8 Å². The van der Waals surface area contributed by atoms with Crippen molar-refractivity contribution in [2.24, 2.45) is 10.3 Å². The topological polar surface area (TPSA) is 131 Å². The fourth-order valence-corrected chi connectivity index (χ4v) is 6.30. The summed E-state index contributed by atoms with van der Waals surface area (Å²) in [4.78, 5) is 31.2. The molecule has 2 N–H and O–H groups in total. The van der Waals surface area contributed by atoms with E-state index in [0.29, 0.717) is 35.4 Å². The van der Waals surface area contributed by atoms with Crippen molar-refractivity contribution in [1.29, 1.82) is 0 Å². The molecule has 37 heavy (non-hydrogen) atoms. The zero-order valence-corrected chi connectivity index (χ0v) is 21.5. The molecule has 3 aromatic rings. The number of para-hydroxylation sites is 2. The molecule has 0 saturated heterocycles. The number of fused-ring (bicyclic) bond motifs is 2. The first-order chi connectivity index (χ1) is 17.9. The van der Waals surface area contributed by atoms with Crippen LogP contribution in [0.2, 0.25) is 0 Å². The number of hydrogen-bond donors (Lipinski definition) is 2. The number of carbonyl (C=O) groups excluding carboxylic acids is 2. The Morgan fingerprint density at radius 3 is 2.51 bits per heavy atom. The molecule has 2 atom stereocenters. The first kappa shape index (κ1) is 25.1. The number of carbonyl (C=O) groups is 2. The van der Waals surface area contributed by atoms with Crippen LogP contribution in [0, 0.1) is 5.92 Å². The van der Waals surface area contributed by atoms with Crippen LogP contribution in [0.15, 0.2) is 62.2 Å². The van der Waals surface area contributed by atoms with Crippen molar-refractivity contribution in [1.82, 2.24) is 15.6 Å². The maximum absolute atomic E-state index is 13.6. The van der Waals surface area contributed by atoms with E-state index >= 15 is 0 Å². The van der Waals surface area contributed by atoms with E-state index in [1.807, 2.05) is 6.07 Å². The van der Waals surface area contributed by atoms with E-state index in [2.05, 4.69) is 20.0 Å². The first-order valence-electron chi connectivity index (χ1n) is 12.8. The summed E-state index contributed by atoms with van der Waals surface area (Å²) < 4.78 is 34.7. The van der Waals surface area contributed by atoms with Crippen LogP contribution in [0.1, 0.15) is 68.1 Å². The van der Waals surface area contributed by atoms with Crippen molar-refractivity contribution in [3.8, 4) is 0 Å². The lowest BCUT2D eigenvalue weighted by molar-refractivity contribution is -0.123. The Morgan fingerprint density at radius 1 is 1.03 bits per heavy atom. The Hall–Kier alpha value is -3.53. The minimum absolute atomic E-state index is 0.0506. The summed E-state index contributed by atoms with van der Waals surface area (Å²) in [6.45, 7) is 1.80. The van der Waals surface area contributed by atoms with E-state index in [0.717, 1.165) is 25.7 Å². The predicted octanol–water partition coefficient (Wildman–Crippen LogP) is 3.98. The number of ketones is 1. The molecule has 0 spiro atoms. The van der Waals surface area contributed by atoms with E-state index in [1.54, 1.807) is 43.3 Å². The van der Waals surface area contributed by atoms with Crippen LogP contribution in [0.25, 0.3) is 11.1 Å². The molecule has 0 bridgehead atoms. The van der Waals surface area contributed by atoms with Gasteiger partial charge in [0.2, 0.25) is 11.7 Å². The van der Waals surface area contributed by atoms with Gasteiger partial charge >= 0.3 is 0 Å². The highest BCUT2D eigenvalue weighted by atomic mass is 32.2. The summed E-state index contributed by atoms with van der Waals surface area (Å²) in [6, 6.07) is 12.1. The van der Waals surface area contributed by atoms with E-state index in [1.165, 1.54) is 12.5 Å². The lowest BCUT2D eigenvalue weighted by atomic mass is 9.84. The third-order valence-corrected chi connectivity index (χ3v) is 8.43. The molecule has 5 rings (SSSR count). The lowest BCUT2D eigenvalue weighted by Gasteiger charge is -2.28. The Labute approximate surface area is 215 Å². The SMILES string of the molecule is CC[C@H](NC(=O)[C@H](CC1CCCCC1)NC1=NS(=O)(=O)c2ccccc21)C(=O)c1nc2ccccc2o1. The quantitative estimate of drug-likeness (QED) is 0.428. The van der Waals surface area contributed by atoms with Crippen molar-refractivity contribution in [3.05, 3.63) is 60.0 Å². The highest BCUT2D eigenvalue weighted by Gasteiger charge is 2.34. The van der Waals surface area contributed by atoms with Crippen LogP contribution in [-0.2, 0) is 14.8 Å². The Kier molecular flexibility index (Phi) is 7.10. The van der Waals surface area contributed by atoms with Crippen LogP contribution in [0.5, 0.6) is 0 Å². The number of benzene rings is 2. The van der Waals surface area contributed by atoms with Gasteiger partial charge in [-0.15, -0.1) is 4.40 Å². The summed E-state index contributed by atoms with van der Waals surface area (Å²) in [6.07, 6.45) is 6.25. The average molecular weight is 523 g/mol. The Balaban J connectivity index is 1.37. The number of amidine groups is 1. The largest absolute Gasteiger partial charge is 0.434 e. The fourth-order valence-electron chi connectivity index (χ4n) is 5.11. The molecule has 0 radical (unpaired) electrons. The normalized spacial score (nSPS) is 18.6. The third-order valence-electron chi connectivity index (χ3n) is 7.10. The Bertz CT molecular complexity index is 1420. The summed E-state index contributed by atoms with van der Waals surface area (Å²) in [5, 5.41) is 5.98. The molecule has 194 valence electrons. The molecule has 10 heteroatoms. The molecule has 1 amide bonds. The van der Waals surface area contributed by atoms with E-state index in [9.17, 15) is 18.0 Å². The minimum atomic E-state index is -3.83. The second-order valence-corrected chi connectivity index (χ2v) is 11.2. The van der Waals surface area contributed by atoms with E-state index < -0.39 is 27.9 Å².